The van der Waals surface area contributed by atoms with Crippen LogP contribution in [0, 0.1) is 0 Å². The van der Waals surface area contributed by atoms with E-state index in [-0.39, 0.29) is 11.5 Å². The van der Waals surface area contributed by atoms with Gasteiger partial charge < -0.3 is 4.84 Å². The van der Waals surface area contributed by atoms with Gasteiger partial charge in [-0.3, -0.25) is 9.78 Å². The monoisotopic (exact) mass is 178 g/mol. The molecule has 4 nitrogen and oxygen atoms in total. The van der Waals surface area contributed by atoms with E-state index < -0.39 is 0 Å². The molecular formula is C9H10N2O2. The lowest BCUT2D eigenvalue weighted by Gasteiger charge is -1.99. The van der Waals surface area contributed by atoms with E-state index in [1.54, 1.807) is 24.5 Å². The Balaban J connectivity index is 3.03. The van der Waals surface area contributed by atoms with Gasteiger partial charge in [-0.05, 0) is 12.1 Å². The number of hydrogen-bond acceptors (Lipinski definition) is 4. The minimum Gasteiger partial charge on any atom is -0.399 e. The molecule has 1 heterocycles. The number of ketones is 1. The van der Waals surface area contributed by atoms with Gasteiger partial charge in [0.1, 0.15) is 7.11 Å². The highest BCUT2D eigenvalue weighted by Crippen LogP contribution is 2.00. The first-order valence-corrected chi connectivity index (χ1v) is 3.78. The normalized spacial score (nSPS) is 11.1. The average molecular weight is 178 g/mol. The Hall–Kier alpha value is -1.71. The van der Waals surface area contributed by atoms with Crippen molar-refractivity contribution in [2.45, 2.75) is 6.92 Å². The molecule has 4 heteroatoms. The van der Waals surface area contributed by atoms with E-state index in [1.165, 1.54) is 14.0 Å². The minimum atomic E-state index is -0.144. The lowest BCUT2D eigenvalue weighted by atomic mass is 10.1. The summed E-state index contributed by atoms with van der Waals surface area (Å²) in [6, 6.07) is 3.50. The number of rotatable bonds is 3. The van der Waals surface area contributed by atoms with E-state index in [0.717, 1.165) is 0 Å². The lowest BCUT2D eigenvalue weighted by molar-refractivity contribution is -0.111. The summed E-state index contributed by atoms with van der Waals surface area (Å²) < 4.78 is 0. The van der Waals surface area contributed by atoms with Gasteiger partial charge in [0.05, 0.1) is 0 Å². The fourth-order valence-corrected chi connectivity index (χ4v) is 0.914. The highest BCUT2D eigenvalue weighted by Gasteiger charge is 2.09. The van der Waals surface area contributed by atoms with Gasteiger partial charge in [0.25, 0.3) is 0 Å². The van der Waals surface area contributed by atoms with Gasteiger partial charge in [-0.15, -0.1) is 0 Å². The van der Waals surface area contributed by atoms with Gasteiger partial charge >= 0.3 is 0 Å². The number of aromatic nitrogens is 1. The molecule has 1 rings (SSSR count). The summed E-state index contributed by atoms with van der Waals surface area (Å²) in [7, 11) is 1.40. The van der Waals surface area contributed by atoms with Crippen molar-refractivity contribution in [1.82, 2.24) is 4.98 Å². The Bertz CT molecular complexity index is 320. The molecule has 1 aromatic rings. The molecule has 0 saturated heterocycles. The van der Waals surface area contributed by atoms with Crippen LogP contribution in [0.4, 0.5) is 0 Å². The number of hydrogen-bond donors (Lipinski definition) is 0. The topological polar surface area (TPSA) is 51.5 Å². The van der Waals surface area contributed by atoms with Crippen molar-refractivity contribution < 1.29 is 9.63 Å². The first-order chi connectivity index (χ1) is 6.25. The Morgan fingerprint density at radius 2 is 2.38 bits per heavy atom. The van der Waals surface area contributed by atoms with Crippen molar-refractivity contribution in [3.63, 3.8) is 0 Å². The quantitative estimate of drug-likeness (QED) is 0.513. The van der Waals surface area contributed by atoms with E-state index in [2.05, 4.69) is 15.0 Å². The minimum absolute atomic E-state index is 0.144. The van der Waals surface area contributed by atoms with Gasteiger partial charge in [-0.25, -0.2) is 0 Å². The van der Waals surface area contributed by atoms with Crippen LogP contribution < -0.4 is 0 Å². The summed E-state index contributed by atoms with van der Waals surface area (Å²) in [5.74, 6) is -0.144. The van der Waals surface area contributed by atoms with Gasteiger partial charge in [-0.2, -0.15) is 0 Å². The zero-order valence-corrected chi connectivity index (χ0v) is 7.52. The van der Waals surface area contributed by atoms with Crippen molar-refractivity contribution in [1.29, 1.82) is 0 Å². The second-order valence-corrected chi connectivity index (χ2v) is 2.42. The number of oxime groups is 1. The van der Waals surface area contributed by atoms with Crippen molar-refractivity contribution in [2.75, 3.05) is 7.11 Å². The van der Waals surface area contributed by atoms with Crippen LogP contribution in [0.25, 0.3) is 0 Å². The first kappa shape index (κ1) is 9.38. The van der Waals surface area contributed by atoms with Gasteiger partial charge in [0.15, 0.2) is 11.5 Å². The smallest absolute Gasteiger partial charge is 0.182 e. The van der Waals surface area contributed by atoms with Crippen LogP contribution >= 0.6 is 0 Å². The van der Waals surface area contributed by atoms with Crippen LogP contribution in [0.3, 0.4) is 0 Å². The Morgan fingerprint density at radius 3 is 2.85 bits per heavy atom. The summed E-state index contributed by atoms with van der Waals surface area (Å²) in [6.45, 7) is 1.44. The standard InChI is InChI=1S/C9H10N2O2/c1-7(12)9(11-13-2)8-4-3-5-10-6-8/h3-6H,1-2H3/b11-9-. The summed E-state index contributed by atoms with van der Waals surface area (Å²) >= 11 is 0. The SMILES string of the molecule is CO/N=C(/C(C)=O)c1cccnc1. The molecule has 0 atom stereocenters. The molecule has 0 aliphatic carbocycles. The molecule has 0 N–H and O–H groups in total. The zero-order chi connectivity index (χ0) is 9.68. The predicted molar refractivity (Wildman–Crippen MR) is 48.5 cm³/mol. The zero-order valence-electron chi connectivity index (χ0n) is 7.52. The molecule has 0 radical (unpaired) electrons. The molecule has 0 aliphatic heterocycles. The molecule has 1 aromatic heterocycles. The average Bonchev–Trinajstić information content (AvgIpc) is 2.15. The maximum atomic E-state index is 11.1. The van der Waals surface area contributed by atoms with Crippen molar-refractivity contribution >= 4 is 11.5 Å². The summed E-state index contributed by atoms with van der Waals surface area (Å²) in [5, 5.41) is 3.62. The van der Waals surface area contributed by atoms with E-state index in [9.17, 15) is 4.79 Å². The molecule has 0 bridgehead atoms. The summed E-state index contributed by atoms with van der Waals surface area (Å²) in [5.41, 5.74) is 0.951. The van der Waals surface area contributed by atoms with Gasteiger partial charge in [-0.1, -0.05) is 5.16 Å². The summed E-state index contributed by atoms with van der Waals surface area (Å²) in [6.07, 6.45) is 3.20. The molecule has 0 aromatic carbocycles. The van der Waals surface area contributed by atoms with Crippen molar-refractivity contribution in [2.24, 2.45) is 5.16 Å². The molecule has 0 unspecified atom stereocenters. The van der Waals surface area contributed by atoms with Crippen LogP contribution in [0.5, 0.6) is 0 Å². The van der Waals surface area contributed by atoms with Crippen LogP contribution in [-0.2, 0) is 9.63 Å². The van der Waals surface area contributed by atoms with E-state index in [4.69, 9.17) is 0 Å². The number of pyridine rings is 1. The maximum absolute atomic E-state index is 11.1. The molecule has 0 amide bonds. The Labute approximate surface area is 76.2 Å². The molecule has 0 fully saturated rings. The lowest BCUT2D eigenvalue weighted by Crippen LogP contribution is -2.12. The Morgan fingerprint density at radius 1 is 1.62 bits per heavy atom. The largest absolute Gasteiger partial charge is 0.399 e. The molecular weight excluding hydrogens is 168 g/mol. The molecule has 0 saturated carbocycles. The molecule has 0 aliphatic rings. The number of carbonyl (C=O) groups is 1. The number of carbonyl (C=O) groups excluding carboxylic acids is 1. The van der Waals surface area contributed by atoms with Crippen molar-refractivity contribution in [3.8, 4) is 0 Å². The van der Waals surface area contributed by atoms with E-state index in [1.807, 2.05) is 0 Å². The third-order valence-electron chi connectivity index (χ3n) is 1.45. The van der Waals surface area contributed by atoms with Crippen LogP contribution in [0.1, 0.15) is 12.5 Å². The van der Waals surface area contributed by atoms with E-state index in [0.29, 0.717) is 5.56 Å². The maximum Gasteiger partial charge on any atom is 0.182 e. The van der Waals surface area contributed by atoms with Gasteiger partial charge in [0.2, 0.25) is 0 Å². The fourth-order valence-electron chi connectivity index (χ4n) is 0.914. The van der Waals surface area contributed by atoms with Crippen molar-refractivity contribution in [3.05, 3.63) is 30.1 Å². The summed E-state index contributed by atoms with van der Waals surface area (Å²) in [4.78, 5) is 19.5. The third-order valence-corrected chi connectivity index (χ3v) is 1.45. The second-order valence-electron chi connectivity index (χ2n) is 2.42. The number of Topliss-reactive ketones (excluding diaryl/α,β-unsaturated/α-hetero) is 1. The van der Waals surface area contributed by atoms with Gasteiger partial charge in [0, 0.05) is 24.9 Å². The highest BCUT2D eigenvalue weighted by atomic mass is 16.6. The van der Waals surface area contributed by atoms with Crippen LogP contribution in [0.2, 0.25) is 0 Å². The highest BCUT2D eigenvalue weighted by molar-refractivity contribution is 6.45. The second kappa shape index (κ2) is 4.35. The van der Waals surface area contributed by atoms with E-state index >= 15 is 0 Å². The predicted octanol–water partition coefficient (Wildman–Crippen LogP) is 1.02. The first-order valence-electron chi connectivity index (χ1n) is 3.78. The van der Waals surface area contributed by atoms with Crippen LogP contribution in [0.15, 0.2) is 29.7 Å². The Kier molecular flexibility index (Phi) is 3.14. The molecule has 68 valence electrons. The number of nitrogens with zero attached hydrogens (tertiary/aromatic N) is 2. The third kappa shape index (κ3) is 2.37. The molecule has 0 spiro atoms. The molecule has 13 heavy (non-hydrogen) atoms. The fraction of sp³-hybridized carbons (Fsp3) is 0.222. The van der Waals surface area contributed by atoms with Crippen LogP contribution in [-0.4, -0.2) is 23.6 Å².